The highest BCUT2D eigenvalue weighted by atomic mass is 16.6. The van der Waals surface area contributed by atoms with Gasteiger partial charge in [0, 0.05) is 6.61 Å². The summed E-state index contributed by atoms with van der Waals surface area (Å²) in [7, 11) is 0. The fraction of sp³-hybridized carbons (Fsp3) is 0.941. The van der Waals surface area contributed by atoms with Gasteiger partial charge in [0.1, 0.15) is 12.7 Å². The van der Waals surface area contributed by atoms with Crippen LogP contribution in [0.2, 0.25) is 0 Å². The lowest BCUT2D eigenvalue weighted by Crippen LogP contribution is -2.31. The van der Waals surface area contributed by atoms with Gasteiger partial charge in [-0.15, -0.1) is 0 Å². The Morgan fingerprint density at radius 3 is 2.78 bits per heavy atom. The quantitative estimate of drug-likeness (QED) is 0.536. The summed E-state index contributed by atoms with van der Waals surface area (Å²) in [6, 6.07) is 0. The highest BCUT2D eigenvalue weighted by molar-refractivity contribution is 5.72. The molecule has 23 heavy (non-hydrogen) atoms. The number of rotatable bonds is 7. The summed E-state index contributed by atoms with van der Waals surface area (Å²) in [6.45, 7) is 0.780. The molecule has 1 aliphatic heterocycles. The molecule has 3 rings (SSSR count). The van der Waals surface area contributed by atoms with Crippen LogP contribution >= 0.6 is 0 Å². The third-order valence-corrected chi connectivity index (χ3v) is 5.17. The average molecular weight is 328 g/mol. The third-order valence-electron chi connectivity index (χ3n) is 5.17. The van der Waals surface area contributed by atoms with Gasteiger partial charge >= 0.3 is 5.97 Å². The van der Waals surface area contributed by atoms with E-state index in [0.29, 0.717) is 31.2 Å². The first-order valence-electron chi connectivity index (χ1n) is 8.87. The molecular formula is C17H28O6. The van der Waals surface area contributed by atoms with Gasteiger partial charge in [0.15, 0.2) is 0 Å². The van der Waals surface area contributed by atoms with Gasteiger partial charge in [-0.2, -0.15) is 0 Å². The van der Waals surface area contributed by atoms with Crippen molar-refractivity contribution in [1.82, 2.24) is 0 Å². The minimum atomic E-state index is -0.791. The van der Waals surface area contributed by atoms with E-state index >= 15 is 0 Å². The van der Waals surface area contributed by atoms with Gasteiger partial charge in [-0.1, -0.05) is 6.42 Å². The molecule has 0 amide bonds. The molecule has 0 aromatic heterocycles. The van der Waals surface area contributed by atoms with E-state index in [1.54, 1.807) is 0 Å². The number of esters is 1. The molecule has 5 unspecified atom stereocenters. The first kappa shape index (κ1) is 17.1. The van der Waals surface area contributed by atoms with Gasteiger partial charge in [0.05, 0.1) is 30.8 Å². The fourth-order valence-corrected chi connectivity index (χ4v) is 3.73. The maximum atomic E-state index is 11.9. The van der Waals surface area contributed by atoms with Crippen LogP contribution in [0.25, 0.3) is 0 Å². The number of hydrogen-bond acceptors (Lipinski definition) is 6. The summed E-state index contributed by atoms with van der Waals surface area (Å²) in [6.07, 6.45) is 5.87. The SMILES string of the molecule is O=C(OCC(O)COCC1CCC2OC2C1)C1CCC[C@@H](O)C1. The van der Waals surface area contributed by atoms with Crippen molar-refractivity contribution in [2.45, 2.75) is 69.4 Å². The second-order valence-corrected chi connectivity index (χ2v) is 7.23. The molecule has 6 heteroatoms. The molecule has 3 fully saturated rings. The van der Waals surface area contributed by atoms with Crippen molar-refractivity contribution < 1.29 is 29.2 Å². The van der Waals surface area contributed by atoms with Crippen molar-refractivity contribution in [2.75, 3.05) is 19.8 Å². The molecule has 0 radical (unpaired) electrons. The third kappa shape index (κ3) is 5.14. The minimum absolute atomic E-state index is 0.0378. The average Bonchev–Trinajstić information content (AvgIpc) is 3.31. The molecule has 3 aliphatic rings. The summed E-state index contributed by atoms with van der Waals surface area (Å²) < 4.78 is 16.2. The number of epoxide rings is 1. The number of aliphatic hydroxyl groups excluding tert-OH is 2. The number of aliphatic hydroxyl groups is 2. The second kappa shape index (κ2) is 7.92. The predicted molar refractivity (Wildman–Crippen MR) is 81.8 cm³/mol. The molecule has 2 N–H and O–H groups in total. The molecule has 0 aromatic rings. The zero-order valence-electron chi connectivity index (χ0n) is 13.6. The maximum Gasteiger partial charge on any atom is 0.309 e. The molecule has 2 saturated carbocycles. The van der Waals surface area contributed by atoms with Gasteiger partial charge in [-0.25, -0.2) is 0 Å². The molecule has 132 valence electrons. The zero-order chi connectivity index (χ0) is 16.2. The van der Waals surface area contributed by atoms with E-state index < -0.39 is 12.2 Å². The summed E-state index contributed by atoms with van der Waals surface area (Å²) in [5.41, 5.74) is 0. The van der Waals surface area contributed by atoms with Crippen LogP contribution in [0.1, 0.15) is 44.9 Å². The van der Waals surface area contributed by atoms with Crippen molar-refractivity contribution in [3.63, 3.8) is 0 Å². The lowest BCUT2D eigenvalue weighted by Gasteiger charge is -2.24. The lowest BCUT2D eigenvalue weighted by atomic mass is 9.87. The molecule has 1 heterocycles. The minimum Gasteiger partial charge on any atom is -0.463 e. The molecule has 0 bridgehead atoms. The molecule has 1 saturated heterocycles. The van der Waals surface area contributed by atoms with E-state index in [2.05, 4.69) is 0 Å². The zero-order valence-corrected chi connectivity index (χ0v) is 13.6. The van der Waals surface area contributed by atoms with E-state index in [1.165, 1.54) is 0 Å². The molecule has 0 spiro atoms. The number of carbonyl (C=O) groups is 1. The van der Waals surface area contributed by atoms with Crippen molar-refractivity contribution >= 4 is 5.97 Å². The summed E-state index contributed by atoms with van der Waals surface area (Å²) in [4.78, 5) is 11.9. The highest BCUT2D eigenvalue weighted by Crippen LogP contribution is 2.39. The van der Waals surface area contributed by atoms with Crippen LogP contribution in [-0.2, 0) is 19.0 Å². The first-order valence-corrected chi connectivity index (χ1v) is 8.87. The van der Waals surface area contributed by atoms with Crippen LogP contribution in [-0.4, -0.2) is 60.4 Å². The summed E-state index contributed by atoms with van der Waals surface area (Å²) >= 11 is 0. The number of fused-ring (bicyclic) bond motifs is 1. The Balaban J connectivity index is 1.25. The Hall–Kier alpha value is -0.690. The lowest BCUT2D eigenvalue weighted by molar-refractivity contribution is -0.155. The normalized spacial score (nSPS) is 37.7. The number of carbonyl (C=O) groups excluding carboxylic acids is 1. The van der Waals surface area contributed by atoms with Crippen LogP contribution in [0, 0.1) is 11.8 Å². The van der Waals surface area contributed by atoms with Crippen molar-refractivity contribution in [3.8, 4) is 0 Å². The Bertz CT molecular complexity index is 401. The van der Waals surface area contributed by atoms with Crippen LogP contribution in [0.3, 0.4) is 0 Å². The first-order chi connectivity index (χ1) is 11.1. The Kier molecular flexibility index (Phi) is 5.91. The van der Waals surface area contributed by atoms with Crippen LogP contribution < -0.4 is 0 Å². The van der Waals surface area contributed by atoms with E-state index in [-0.39, 0.29) is 25.1 Å². The largest absolute Gasteiger partial charge is 0.463 e. The van der Waals surface area contributed by atoms with Gasteiger partial charge in [-0.3, -0.25) is 4.79 Å². The molecular weight excluding hydrogens is 300 g/mol. The van der Waals surface area contributed by atoms with Crippen LogP contribution in [0.15, 0.2) is 0 Å². The Labute approximate surface area is 137 Å². The van der Waals surface area contributed by atoms with Gasteiger partial charge in [-0.05, 0) is 44.4 Å². The predicted octanol–water partition coefficient (Wildman–Crippen LogP) is 1.03. The van der Waals surface area contributed by atoms with E-state index in [0.717, 1.165) is 38.5 Å². The number of hydrogen-bond donors (Lipinski definition) is 2. The van der Waals surface area contributed by atoms with Crippen LogP contribution in [0.5, 0.6) is 0 Å². The number of ether oxygens (including phenoxy) is 3. The van der Waals surface area contributed by atoms with Gasteiger partial charge in [0.25, 0.3) is 0 Å². The van der Waals surface area contributed by atoms with Crippen LogP contribution in [0.4, 0.5) is 0 Å². The monoisotopic (exact) mass is 328 g/mol. The standard InChI is InChI=1S/C17H28O6/c18-13-3-1-2-12(7-13)17(20)22-10-14(19)9-21-8-11-4-5-15-16(6-11)23-15/h11-16,18-19H,1-10H2/t11?,12?,13-,14?,15?,16?/m1/s1. The van der Waals surface area contributed by atoms with Crippen molar-refractivity contribution in [1.29, 1.82) is 0 Å². The van der Waals surface area contributed by atoms with Crippen molar-refractivity contribution in [2.24, 2.45) is 11.8 Å². The Morgan fingerprint density at radius 2 is 2.00 bits per heavy atom. The molecule has 0 aromatic carbocycles. The summed E-state index contributed by atoms with van der Waals surface area (Å²) in [5.74, 6) is -0.0372. The topological polar surface area (TPSA) is 88.5 Å². The van der Waals surface area contributed by atoms with Gasteiger partial charge in [0.2, 0.25) is 0 Å². The molecule has 6 nitrogen and oxygen atoms in total. The highest BCUT2D eigenvalue weighted by Gasteiger charge is 2.43. The Morgan fingerprint density at radius 1 is 1.13 bits per heavy atom. The van der Waals surface area contributed by atoms with Crippen molar-refractivity contribution in [3.05, 3.63) is 0 Å². The second-order valence-electron chi connectivity index (χ2n) is 7.23. The summed E-state index contributed by atoms with van der Waals surface area (Å²) in [5, 5.41) is 19.4. The van der Waals surface area contributed by atoms with E-state index in [4.69, 9.17) is 14.2 Å². The molecule has 2 aliphatic carbocycles. The van der Waals surface area contributed by atoms with Gasteiger partial charge < -0.3 is 24.4 Å². The van der Waals surface area contributed by atoms with E-state index in [1.807, 2.05) is 0 Å². The molecule has 6 atom stereocenters. The maximum absolute atomic E-state index is 11.9. The smallest absolute Gasteiger partial charge is 0.309 e. The van der Waals surface area contributed by atoms with E-state index in [9.17, 15) is 15.0 Å². The fourth-order valence-electron chi connectivity index (χ4n) is 3.73.